The van der Waals surface area contributed by atoms with Gasteiger partial charge in [0.05, 0.1) is 21.8 Å². The molecule has 0 aliphatic heterocycles. The number of para-hydroxylation sites is 2. The first-order valence-electron chi connectivity index (χ1n) is 7.88. The Morgan fingerprint density at radius 2 is 1.73 bits per heavy atom. The van der Waals surface area contributed by atoms with Crippen LogP contribution in [0.3, 0.4) is 0 Å². The first kappa shape index (κ1) is 18.3. The fourth-order valence-corrected chi connectivity index (χ4v) is 3.25. The molecule has 26 heavy (non-hydrogen) atoms. The molecule has 0 saturated heterocycles. The van der Waals surface area contributed by atoms with Gasteiger partial charge in [0.2, 0.25) is 5.91 Å². The van der Waals surface area contributed by atoms with E-state index in [1.807, 2.05) is 36.4 Å². The zero-order valence-electron chi connectivity index (χ0n) is 13.6. The largest absolute Gasteiger partial charge is 0.418 e. The predicted molar refractivity (Wildman–Crippen MR) is 97.2 cm³/mol. The first-order chi connectivity index (χ1) is 12.4. The summed E-state index contributed by atoms with van der Waals surface area (Å²) in [7, 11) is 0. The Bertz CT molecular complexity index is 928. The molecule has 0 saturated carbocycles. The van der Waals surface area contributed by atoms with Crippen molar-refractivity contribution in [1.29, 1.82) is 0 Å². The number of hydrogen-bond acceptors (Lipinski definition) is 3. The lowest BCUT2D eigenvalue weighted by Gasteiger charge is -2.13. The number of alkyl halides is 3. The molecule has 2 aromatic carbocycles. The number of fused-ring (bicyclic) bond motifs is 1. The van der Waals surface area contributed by atoms with E-state index in [4.69, 9.17) is 0 Å². The van der Waals surface area contributed by atoms with E-state index < -0.39 is 17.6 Å². The molecule has 0 atom stereocenters. The van der Waals surface area contributed by atoms with Crippen molar-refractivity contribution in [1.82, 2.24) is 4.98 Å². The SMILES string of the molecule is O=C(CCSc1ccc2ccccc2n1)Nc1ccccc1C(F)(F)F. The van der Waals surface area contributed by atoms with Gasteiger partial charge in [0.25, 0.3) is 0 Å². The Hall–Kier alpha value is -2.54. The number of nitrogens with one attached hydrogen (secondary N) is 1. The number of pyridine rings is 1. The minimum atomic E-state index is -4.51. The highest BCUT2D eigenvalue weighted by molar-refractivity contribution is 7.99. The van der Waals surface area contributed by atoms with Crippen molar-refractivity contribution in [2.45, 2.75) is 17.6 Å². The van der Waals surface area contributed by atoms with Gasteiger partial charge in [0, 0.05) is 17.6 Å². The van der Waals surface area contributed by atoms with Crippen molar-refractivity contribution in [3.8, 4) is 0 Å². The Kier molecular flexibility index (Phi) is 5.46. The lowest BCUT2D eigenvalue weighted by molar-refractivity contribution is -0.137. The van der Waals surface area contributed by atoms with Gasteiger partial charge >= 0.3 is 6.18 Å². The third kappa shape index (κ3) is 4.54. The van der Waals surface area contributed by atoms with E-state index in [-0.39, 0.29) is 12.1 Å². The molecule has 3 rings (SSSR count). The molecule has 0 fully saturated rings. The zero-order valence-corrected chi connectivity index (χ0v) is 14.4. The van der Waals surface area contributed by atoms with Crippen molar-refractivity contribution in [2.24, 2.45) is 0 Å². The van der Waals surface area contributed by atoms with Gasteiger partial charge in [0.15, 0.2) is 0 Å². The van der Waals surface area contributed by atoms with Crippen LogP contribution in [0.4, 0.5) is 18.9 Å². The van der Waals surface area contributed by atoms with Crippen LogP contribution in [0.5, 0.6) is 0 Å². The highest BCUT2D eigenvalue weighted by atomic mass is 32.2. The lowest BCUT2D eigenvalue weighted by Crippen LogP contribution is -2.16. The maximum atomic E-state index is 12.9. The fourth-order valence-electron chi connectivity index (χ4n) is 2.43. The van der Waals surface area contributed by atoms with Crippen molar-refractivity contribution >= 4 is 34.3 Å². The summed E-state index contributed by atoms with van der Waals surface area (Å²) >= 11 is 1.39. The summed E-state index contributed by atoms with van der Waals surface area (Å²) in [5.41, 5.74) is -0.211. The minimum Gasteiger partial charge on any atom is -0.325 e. The number of halogens is 3. The number of hydrogen-bond donors (Lipinski definition) is 1. The van der Waals surface area contributed by atoms with Crippen LogP contribution in [-0.2, 0) is 11.0 Å². The highest BCUT2D eigenvalue weighted by Gasteiger charge is 2.33. The quantitative estimate of drug-likeness (QED) is 0.609. The molecule has 1 N–H and O–H groups in total. The van der Waals surface area contributed by atoms with Crippen LogP contribution in [-0.4, -0.2) is 16.6 Å². The smallest absolute Gasteiger partial charge is 0.325 e. The Labute approximate surface area is 152 Å². The molecule has 1 amide bonds. The summed E-state index contributed by atoms with van der Waals surface area (Å²) in [5.74, 6) is -0.0410. The standard InChI is InChI=1S/C19H15F3N2OS/c20-19(21,22)14-6-2-4-8-16(14)23-17(25)11-12-26-18-10-9-13-5-1-3-7-15(13)24-18/h1-10H,11-12H2,(H,23,25). The Morgan fingerprint density at radius 1 is 1.00 bits per heavy atom. The van der Waals surface area contributed by atoms with Crippen molar-refractivity contribution in [3.63, 3.8) is 0 Å². The van der Waals surface area contributed by atoms with E-state index in [0.29, 0.717) is 5.75 Å². The summed E-state index contributed by atoms with van der Waals surface area (Å²) < 4.78 is 38.8. The number of anilines is 1. The fraction of sp³-hybridized carbons (Fsp3) is 0.158. The molecule has 134 valence electrons. The van der Waals surface area contributed by atoms with E-state index in [1.54, 1.807) is 0 Å². The van der Waals surface area contributed by atoms with E-state index in [2.05, 4.69) is 10.3 Å². The Balaban J connectivity index is 1.58. The van der Waals surface area contributed by atoms with Gasteiger partial charge in [-0.2, -0.15) is 13.2 Å². The van der Waals surface area contributed by atoms with Gasteiger partial charge < -0.3 is 5.32 Å². The third-order valence-electron chi connectivity index (χ3n) is 3.66. The van der Waals surface area contributed by atoms with Gasteiger partial charge in [0.1, 0.15) is 0 Å². The molecule has 7 heteroatoms. The maximum absolute atomic E-state index is 12.9. The molecule has 0 aliphatic carbocycles. The van der Waals surface area contributed by atoms with E-state index in [0.717, 1.165) is 22.0 Å². The van der Waals surface area contributed by atoms with Crippen LogP contribution in [0.15, 0.2) is 65.7 Å². The lowest BCUT2D eigenvalue weighted by atomic mass is 10.1. The van der Waals surface area contributed by atoms with Gasteiger partial charge in [-0.25, -0.2) is 4.98 Å². The average molecular weight is 376 g/mol. The van der Waals surface area contributed by atoms with Crippen molar-refractivity contribution < 1.29 is 18.0 Å². The third-order valence-corrected chi connectivity index (χ3v) is 4.59. The number of benzene rings is 2. The van der Waals surface area contributed by atoms with E-state index in [1.165, 1.54) is 30.0 Å². The van der Waals surface area contributed by atoms with Crippen LogP contribution in [0.2, 0.25) is 0 Å². The molecule has 3 aromatic rings. The number of amides is 1. The summed E-state index contributed by atoms with van der Waals surface area (Å²) in [6, 6.07) is 16.5. The van der Waals surface area contributed by atoms with Crippen molar-refractivity contribution in [3.05, 3.63) is 66.2 Å². The molecule has 0 unspecified atom stereocenters. The van der Waals surface area contributed by atoms with E-state index in [9.17, 15) is 18.0 Å². The molecule has 3 nitrogen and oxygen atoms in total. The summed E-state index contributed by atoms with van der Waals surface area (Å²) in [4.78, 5) is 16.5. The minimum absolute atomic E-state index is 0.0887. The van der Waals surface area contributed by atoms with Gasteiger partial charge in [-0.1, -0.05) is 36.4 Å². The second kappa shape index (κ2) is 7.78. The number of carbonyl (C=O) groups is 1. The molecular formula is C19H15F3N2OS. The van der Waals surface area contributed by atoms with Crippen LogP contribution in [0.25, 0.3) is 10.9 Å². The van der Waals surface area contributed by atoms with Crippen molar-refractivity contribution in [2.75, 3.05) is 11.1 Å². The van der Waals surface area contributed by atoms with Gasteiger partial charge in [-0.15, -0.1) is 11.8 Å². The number of carbonyl (C=O) groups excluding carboxylic acids is 1. The molecule has 0 aliphatic rings. The molecule has 0 bridgehead atoms. The predicted octanol–water partition coefficient (Wildman–Crippen LogP) is 5.37. The Morgan fingerprint density at radius 3 is 2.54 bits per heavy atom. The number of nitrogens with zero attached hydrogens (tertiary/aromatic N) is 1. The van der Waals surface area contributed by atoms with Crippen LogP contribution in [0, 0.1) is 0 Å². The number of rotatable bonds is 5. The second-order valence-electron chi connectivity index (χ2n) is 5.53. The monoisotopic (exact) mass is 376 g/mol. The molecule has 1 aromatic heterocycles. The average Bonchev–Trinajstić information content (AvgIpc) is 2.61. The molecular weight excluding hydrogens is 361 g/mol. The molecule has 1 heterocycles. The molecule has 0 radical (unpaired) electrons. The molecule has 0 spiro atoms. The van der Waals surface area contributed by atoms with Gasteiger partial charge in [-0.05, 0) is 24.3 Å². The summed E-state index contributed by atoms with van der Waals surface area (Å²) in [5, 5.41) is 4.14. The normalized spacial score (nSPS) is 11.5. The van der Waals surface area contributed by atoms with Gasteiger partial charge in [-0.3, -0.25) is 4.79 Å². The highest BCUT2D eigenvalue weighted by Crippen LogP contribution is 2.34. The topological polar surface area (TPSA) is 42.0 Å². The first-order valence-corrected chi connectivity index (χ1v) is 8.87. The number of aromatic nitrogens is 1. The number of thioether (sulfide) groups is 1. The van der Waals surface area contributed by atoms with Crippen LogP contribution >= 0.6 is 11.8 Å². The summed E-state index contributed by atoms with van der Waals surface area (Å²) in [6.45, 7) is 0. The maximum Gasteiger partial charge on any atom is 0.418 e. The van der Waals surface area contributed by atoms with E-state index >= 15 is 0 Å². The summed E-state index contributed by atoms with van der Waals surface area (Å²) in [6.07, 6.45) is -4.42. The van der Waals surface area contributed by atoms with Crippen LogP contribution < -0.4 is 5.32 Å². The van der Waals surface area contributed by atoms with Crippen LogP contribution in [0.1, 0.15) is 12.0 Å². The second-order valence-corrected chi connectivity index (χ2v) is 6.65. The zero-order chi connectivity index (χ0) is 18.6.